The molecule has 0 aliphatic carbocycles. The maximum Gasteiger partial charge on any atom is 0.328 e. The van der Waals surface area contributed by atoms with Gasteiger partial charge in [0.05, 0.1) is 24.8 Å². The van der Waals surface area contributed by atoms with E-state index in [0.717, 1.165) is 0 Å². The quantitative estimate of drug-likeness (QED) is 0.333. The Morgan fingerprint density at radius 3 is 2.45 bits per heavy atom. The van der Waals surface area contributed by atoms with Crippen molar-refractivity contribution >= 4 is 12.0 Å². The van der Waals surface area contributed by atoms with Gasteiger partial charge in [0.15, 0.2) is 11.9 Å². The predicted octanol–water partition coefficient (Wildman–Crippen LogP) is -1.92. The number of hydrogen-bond acceptors (Lipinski definition) is 8. The summed E-state index contributed by atoms with van der Waals surface area (Å²) < 4.78 is 4.83. The van der Waals surface area contributed by atoms with Crippen molar-refractivity contribution in [3.63, 3.8) is 0 Å². The van der Waals surface area contributed by atoms with Crippen molar-refractivity contribution in [1.82, 2.24) is 20.8 Å². The van der Waals surface area contributed by atoms with Gasteiger partial charge in [-0.15, -0.1) is 0 Å². The Morgan fingerprint density at radius 2 is 1.95 bits per heavy atom. The van der Waals surface area contributed by atoms with Gasteiger partial charge in [-0.1, -0.05) is 5.16 Å². The molecule has 1 aromatic rings. The first-order chi connectivity index (χ1) is 10.2. The van der Waals surface area contributed by atoms with Crippen LogP contribution in [0.1, 0.15) is 31.6 Å². The van der Waals surface area contributed by atoms with E-state index in [-0.39, 0.29) is 18.3 Å². The van der Waals surface area contributed by atoms with Crippen molar-refractivity contribution in [2.24, 2.45) is 5.73 Å². The molecule has 4 unspecified atom stereocenters. The third-order valence-electron chi connectivity index (χ3n) is 2.74. The number of aliphatic hydroxyl groups is 2. The zero-order valence-corrected chi connectivity index (χ0v) is 12.1. The zero-order valence-electron chi connectivity index (χ0n) is 12.1. The van der Waals surface area contributed by atoms with Gasteiger partial charge in [0.2, 0.25) is 5.89 Å². The van der Waals surface area contributed by atoms with Gasteiger partial charge in [0.1, 0.15) is 0 Å². The van der Waals surface area contributed by atoms with Gasteiger partial charge in [0, 0.05) is 0 Å². The number of urea groups is 1. The van der Waals surface area contributed by atoms with Crippen molar-refractivity contribution in [2.75, 3.05) is 0 Å². The van der Waals surface area contributed by atoms with E-state index in [4.69, 9.17) is 15.4 Å². The number of aliphatic hydroxyl groups excluding tert-OH is 2. The van der Waals surface area contributed by atoms with E-state index in [1.807, 2.05) is 0 Å². The Hall–Kier alpha value is -2.24. The van der Waals surface area contributed by atoms with Crippen molar-refractivity contribution in [1.29, 1.82) is 0 Å². The van der Waals surface area contributed by atoms with Crippen LogP contribution < -0.4 is 16.4 Å². The highest BCUT2D eigenvalue weighted by atomic mass is 16.5. The third kappa shape index (κ3) is 4.95. The lowest BCUT2D eigenvalue weighted by molar-refractivity contribution is -0.141. The normalized spacial score (nSPS) is 16.4. The van der Waals surface area contributed by atoms with E-state index >= 15 is 0 Å². The number of hydrogen-bond donors (Lipinski definition) is 6. The molecule has 0 radical (unpaired) electrons. The van der Waals surface area contributed by atoms with Crippen LogP contribution in [0.4, 0.5) is 4.79 Å². The van der Waals surface area contributed by atoms with Crippen molar-refractivity contribution < 1.29 is 29.4 Å². The number of nitrogens with one attached hydrogen (secondary N) is 2. The second kappa shape index (κ2) is 7.68. The minimum atomic E-state index is -1.44. The molecule has 7 N–H and O–H groups in total. The fourth-order valence-corrected chi connectivity index (χ4v) is 1.43. The van der Waals surface area contributed by atoms with Crippen LogP contribution in [0.25, 0.3) is 0 Å². The van der Waals surface area contributed by atoms with Crippen LogP contribution in [-0.4, -0.2) is 55.7 Å². The van der Waals surface area contributed by atoms with E-state index in [9.17, 15) is 19.8 Å². The number of carbonyl (C=O) groups is 2. The standard InChI is InChI=1S/C11H19N5O6/c1-4(17)7(12)9-14-6(22-16-9)3-13-11(21)15-8(5(2)18)10(19)20/h4-5,7-8,17-18H,3,12H2,1-2H3,(H,19,20)(H2,13,15,21). The topological polar surface area (TPSA) is 184 Å². The number of carboxylic acids is 1. The Balaban J connectivity index is 2.52. The maximum absolute atomic E-state index is 11.5. The number of rotatable bonds is 7. The SMILES string of the molecule is CC(O)C(NC(=O)NCc1nc(C(N)C(C)O)no1)C(=O)O. The molecule has 2 amide bonds. The number of aromatic nitrogens is 2. The average molecular weight is 317 g/mol. The Labute approximate surface area is 125 Å². The Morgan fingerprint density at radius 1 is 1.32 bits per heavy atom. The highest BCUT2D eigenvalue weighted by molar-refractivity contribution is 5.82. The largest absolute Gasteiger partial charge is 0.480 e. The fourth-order valence-electron chi connectivity index (χ4n) is 1.43. The average Bonchev–Trinajstić information content (AvgIpc) is 2.89. The second-order valence-corrected chi connectivity index (χ2v) is 4.70. The maximum atomic E-state index is 11.5. The molecular formula is C11H19N5O6. The van der Waals surface area contributed by atoms with E-state index in [0.29, 0.717) is 0 Å². The van der Waals surface area contributed by atoms with Crippen LogP contribution in [-0.2, 0) is 11.3 Å². The Bertz CT molecular complexity index is 517. The molecule has 0 fully saturated rings. The van der Waals surface area contributed by atoms with E-state index in [1.54, 1.807) is 0 Å². The van der Waals surface area contributed by atoms with Crippen LogP contribution in [0.3, 0.4) is 0 Å². The van der Waals surface area contributed by atoms with E-state index in [2.05, 4.69) is 20.8 Å². The molecule has 0 bridgehead atoms. The van der Waals surface area contributed by atoms with Crippen molar-refractivity contribution in [3.8, 4) is 0 Å². The first kappa shape index (κ1) is 17.8. The highest BCUT2D eigenvalue weighted by Crippen LogP contribution is 2.10. The summed E-state index contributed by atoms with van der Waals surface area (Å²) >= 11 is 0. The summed E-state index contributed by atoms with van der Waals surface area (Å²) in [4.78, 5) is 26.2. The number of carbonyl (C=O) groups excluding carboxylic acids is 1. The summed E-state index contributed by atoms with van der Waals surface area (Å²) in [6.45, 7) is 2.53. The molecule has 4 atom stereocenters. The summed E-state index contributed by atoms with van der Waals surface area (Å²) in [5, 5.41) is 35.3. The second-order valence-electron chi connectivity index (χ2n) is 4.70. The molecule has 22 heavy (non-hydrogen) atoms. The molecule has 11 heteroatoms. The molecule has 0 aromatic carbocycles. The first-order valence-electron chi connectivity index (χ1n) is 6.43. The van der Waals surface area contributed by atoms with Crippen LogP contribution in [0.5, 0.6) is 0 Å². The molecule has 1 rings (SSSR count). The molecular weight excluding hydrogens is 298 g/mol. The Kier molecular flexibility index (Phi) is 6.22. The van der Waals surface area contributed by atoms with Gasteiger partial charge >= 0.3 is 12.0 Å². The molecule has 0 saturated heterocycles. The van der Waals surface area contributed by atoms with Gasteiger partial charge in [-0.3, -0.25) is 0 Å². The smallest absolute Gasteiger partial charge is 0.328 e. The van der Waals surface area contributed by atoms with Crippen LogP contribution in [0.2, 0.25) is 0 Å². The lowest BCUT2D eigenvalue weighted by Crippen LogP contribution is -2.51. The molecule has 0 saturated carbocycles. The molecule has 124 valence electrons. The van der Waals surface area contributed by atoms with Gasteiger partial charge in [-0.05, 0) is 13.8 Å². The lowest BCUT2D eigenvalue weighted by atomic mass is 10.2. The van der Waals surface area contributed by atoms with E-state index < -0.39 is 36.3 Å². The predicted molar refractivity (Wildman–Crippen MR) is 71.4 cm³/mol. The first-order valence-corrected chi connectivity index (χ1v) is 6.43. The lowest BCUT2D eigenvalue weighted by Gasteiger charge is -2.16. The summed E-state index contributed by atoms with van der Waals surface area (Å²) in [6, 6.07) is -3.09. The summed E-state index contributed by atoms with van der Waals surface area (Å²) in [7, 11) is 0. The monoisotopic (exact) mass is 317 g/mol. The number of aliphatic carboxylic acids is 1. The van der Waals surface area contributed by atoms with Gasteiger partial charge in [-0.2, -0.15) is 4.98 Å². The minimum Gasteiger partial charge on any atom is -0.480 e. The van der Waals surface area contributed by atoms with Gasteiger partial charge < -0.3 is 36.2 Å². The molecule has 1 heterocycles. The van der Waals surface area contributed by atoms with Crippen LogP contribution in [0, 0.1) is 0 Å². The summed E-state index contributed by atoms with van der Waals surface area (Å²) in [5.41, 5.74) is 5.61. The molecule has 1 aromatic heterocycles. The van der Waals surface area contributed by atoms with Crippen LogP contribution >= 0.6 is 0 Å². The molecule has 0 aliphatic rings. The van der Waals surface area contributed by atoms with Crippen LogP contribution in [0.15, 0.2) is 4.52 Å². The summed E-state index contributed by atoms with van der Waals surface area (Å²) in [6.07, 6.45) is -2.13. The van der Waals surface area contributed by atoms with Gasteiger partial charge in [-0.25, -0.2) is 9.59 Å². The van der Waals surface area contributed by atoms with Gasteiger partial charge in [0.25, 0.3) is 0 Å². The number of amides is 2. The third-order valence-corrected chi connectivity index (χ3v) is 2.74. The minimum absolute atomic E-state index is 0.0326. The summed E-state index contributed by atoms with van der Waals surface area (Å²) in [5.74, 6) is -1.25. The highest BCUT2D eigenvalue weighted by Gasteiger charge is 2.25. The molecule has 0 aliphatic heterocycles. The molecule has 0 spiro atoms. The van der Waals surface area contributed by atoms with E-state index in [1.165, 1.54) is 13.8 Å². The number of nitrogens with zero attached hydrogens (tertiary/aromatic N) is 2. The molecule has 11 nitrogen and oxygen atoms in total. The number of nitrogens with two attached hydrogens (primary N) is 1. The van der Waals surface area contributed by atoms with Crippen molar-refractivity contribution in [2.45, 2.75) is 44.7 Å². The fraction of sp³-hybridized carbons (Fsp3) is 0.636. The van der Waals surface area contributed by atoms with Crippen molar-refractivity contribution in [3.05, 3.63) is 11.7 Å². The number of carboxylic acid groups (broad SMARTS) is 1. The zero-order chi connectivity index (χ0) is 16.9.